The average molecular weight is 364 g/mol. The molecule has 0 unspecified atom stereocenters. The van der Waals surface area contributed by atoms with E-state index in [0.29, 0.717) is 31.3 Å². The Labute approximate surface area is 156 Å². The van der Waals surface area contributed by atoms with Crippen LogP contribution in [0.3, 0.4) is 0 Å². The molecule has 2 heterocycles. The molecule has 1 fully saturated rings. The van der Waals surface area contributed by atoms with Crippen LogP contribution in [-0.4, -0.2) is 50.8 Å². The van der Waals surface area contributed by atoms with E-state index in [9.17, 15) is 9.59 Å². The van der Waals surface area contributed by atoms with E-state index in [4.69, 9.17) is 0 Å². The number of piperidine rings is 1. The summed E-state index contributed by atoms with van der Waals surface area (Å²) in [6.07, 6.45) is 5.38. The van der Waals surface area contributed by atoms with Crippen molar-refractivity contribution in [3.63, 3.8) is 0 Å². The SMILES string of the molecule is CC(=O)N[C@@H](CC(C)C)C(=O)N1CCC(n2cc(CC(C)C)nn2)CC1. The summed E-state index contributed by atoms with van der Waals surface area (Å²) in [5.41, 5.74) is 1.03. The standard InChI is InChI=1S/C19H33N5O2/c1-13(2)10-16-12-24(22-21-16)17-6-8-23(9-7-17)19(26)18(11-14(3)4)20-15(5)25/h12-14,17-18H,6-11H2,1-5H3,(H,20,25)/t18-/m0/s1. The zero-order chi connectivity index (χ0) is 19.3. The number of nitrogens with zero attached hydrogens (tertiary/aromatic N) is 4. The van der Waals surface area contributed by atoms with Gasteiger partial charge in [0.15, 0.2) is 0 Å². The van der Waals surface area contributed by atoms with Crippen LogP contribution in [0, 0.1) is 11.8 Å². The van der Waals surface area contributed by atoms with Crippen molar-refractivity contribution in [2.24, 2.45) is 11.8 Å². The minimum atomic E-state index is -0.423. The second-order valence-corrected chi connectivity index (χ2v) is 8.23. The van der Waals surface area contributed by atoms with Crippen LogP contribution in [0.15, 0.2) is 6.20 Å². The summed E-state index contributed by atoms with van der Waals surface area (Å²) >= 11 is 0. The monoisotopic (exact) mass is 363 g/mol. The lowest BCUT2D eigenvalue weighted by Crippen LogP contribution is -2.51. The van der Waals surface area contributed by atoms with Gasteiger partial charge < -0.3 is 10.2 Å². The molecule has 1 N–H and O–H groups in total. The molecule has 0 bridgehead atoms. The minimum Gasteiger partial charge on any atom is -0.345 e. The number of rotatable bonds is 7. The molecule has 7 nitrogen and oxygen atoms in total. The van der Waals surface area contributed by atoms with Gasteiger partial charge in [0.25, 0.3) is 0 Å². The number of nitrogens with one attached hydrogen (secondary N) is 1. The van der Waals surface area contributed by atoms with E-state index in [1.54, 1.807) is 0 Å². The Morgan fingerprint density at radius 2 is 1.85 bits per heavy atom. The first-order chi connectivity index (χ1) is 12.3. The summed E-state index contributed by atoms with van der Waals surface area (Å²) in [7, 11) is 0. The predicted molar refractivity (Wildman–Crippen MR) is 100 cm³/mol. The predicted octanol–water partition coefficient (Wildman–Crippen LogP) is 2.19. The molecule has 1 aromatic rings. The maximum atomic E-state index is 12.8. The number of carbonyl (C=O) groups is 2. The minimum absolute atomic E-state index is 0.0337. The summed E-state index contributed by atoms with van der Waals surface area (Å²) in [6.45, 7) is 11.3. The second kappa shape index (κ2) is 9.14. The fraction of sp³-hybridized carbons (Fsp3) is 0.789. The number of aromatic nitrogens is 3. The van der Waals surface area contributed by atoms with Crippen molar-refractivity contribution >= 4 is 11.8 Å². The molecule has 2 amide bonds. The van der Waals surface area contributed by atoms with E-state index in [1.807, 2.05) is 15.8 Å². The summed E-state index contributed by atoms with van der Waals surface area (Å²) < 4.78 is 1.96. The maximum Gasteiger partial charge on any atom is 0.245 e. The second-order valence-electron chi connectivity index (χ2n) is 8.23. The molecule has 1 atom stereocenters. The highest BCUT2D eigenvalue weighted by Crippen LogP contribution is 2.23. The Bertz CT molecular complexity index is 603. The summed E-state index contributed by atoms with van der Waals surface area (Å²) in [4.78, 5) is 26.1. The fourth-order valence-corrected chi connectivity index (χ4v) is 3.51. The third-order valence-corrected chi connectivity index (χ3v) is 4.71. The van der Waals surface area contributed by atoms with Gasteiger partial charge in [-0.1, -0.05) is 32.9 Å². The van der Waals surface area contributed by atoms with E-state index in [-0.39, 0.29) is 17.9 Å². The third kappa shape index (κ3) is 5.81. The highest BCUT2D eigenvalue weighted by molar-refractivity contribution is 5.86. The van der Waals surface area contributed by atoms with E-state index < -0.39 is 6.04 Å². The van der Waals surface area contributed by atoms with Gasteiger partial charge in [-0.25, -0.2) is 4.68 Å². The Kier molecular flexibility index (Phi) is 7.17. The van der Waals surface area contributed by atoms with Crippen molar-refractivity contribution in [2.45, 2.75) is 72.4 Å². The molecule has 0 aliphatic carbocycles. The van der Waals surface area contributed by atoms with Crippen molar-refractivity contribution in [2.75, 3.05) is 13.1 Å². The summed E-state index contributed by atoms with van der Waals surface area (Å²) in [5, 5.41) is 11.4. The van der Waals surface area contributed by atoms with Gasteiger partial charge >= 0.3 is 0 Å². The van der Waals surface area contributed by atoms with Crippen molar-refractivity contribution in [3.05, 3.63) is 11.9 Å². The molecule has 26 heavy (non-hydrogen) atoms. The van der Waals surface area contributed by atoms with Gasteiger partial charge in [-0.05, 0) is 37.5 Å². The average Bonchev–Trinajstić information content (AvgIpc) is 3.00. The number of hydrogen-bond acceptors (Lipinski definition) is 4. The number of likely N-dealkylation sites (tertiary alicyclic amines) is 1. The van der Waals surface area contributed by atoms with Gasteiger partial charge in [-0.3, -0.25) is 9.59 Å². The fourth-order valence-electron chi connectivity index (χ4n) is 3.51. The lowest BCUT2D eigenvalue weighted by atomic mass is 10.00. The van der Waals surface area contributed by atoms with Crippen molar-refractivity contribution in [1.82, 2.24) is 25.2 Å². The number of carbonyl (C=O) groups excluding carboxylic acids is 2. The lowest BCUT2D eigenvalue weighted by Gasteiger charge is -2.34. The molecule has 1 aliphatic heterocycles. The topological polar surface area (TPSA) is 80.1 Å². The highest BCUT2D eigenvalue weighted by Gasteiger charge is 2.30. The zero-order valence-electron chi connectivity index (χ0n) is 16.7. The molecule has 146 valence electrons. The van der Waals surface area contributed by atoms with Crippen LogP contribution >= 0.6 is 0 Å². The van der Waals surface area contributed by atoms with Crippen LogP contribution < -0.4 is 5.32 Å². The Balaban J connectivity index is 1.92. The highest BCUT2D eigenvalue weighted by atomic mass is 16.2. The Hall–Kier alpha value is -1.92. The van der Waals surface area contributed by atoms with Crippen LogP contribution in [0.5, 0.6) is 0 Å². The molecule has 1 aromatic heterocycles. The normalized spacial score (nSPS) is 17.0. The van der Waals surface area contributed by atoms with Crippen molar-refractivity contribution in [3.8, 4) is 0 Å². The lowest BCUT2D eigenvalue weighted by molar-refractivity contribution is -0.137. The molecule has 1 saturated heterocycles. The molecule has 1 aliphatic rings. The van der Waals surface area contributed by atoms with E-state index in [2.05, 4.69) is 43.3 Å². The van der Waals surface area contributed by atoms with Crippen LogP contribution in [0.2, 0.25) is 0 Å². The van der Waals surface area contributed by atoms with E-state index >= 15 is 0 Å². The van der Waals surface area contributed by atoms with E-state index in [0.717, 1.165) is 25.0 Å². The molecular formula is C19H33N5O2. The van der Waals surface area contributed by atoms with Crippen molar-refractivity contribution < 1.29 is 9.59 Å². The molecular weight excluding hydrogens is 330 g/mol. The number of hydrogen-bond donors (Lipinski definition) is 1. The number of amides is 2. The largest absolute Gasteiger partial charge is 0.345 e. The first kappa shape index (κ1) is 20.4. The van der Waals surface area contributed by atoms with E-state index in [1.165, 1.54) is 6.92 Å². The maximum absolute atomic E-state index is 12.8. The third-order valence-electron chi connectivity index (χ3n) is 4.71. The van der Waals surface area contributed by atoms with Crippen LogP contribution in [0.1, 0.15) is 65.6 Å². The molecule has 2 rings (SSSR count). The van der Waals surface area contributed by atoms with Crippen molar-refractivity contribution in [1.29, 1.82) is 0 Å². The van der Waals surface area contributed by atoms with Gasteiger partial charge in [-0.15, -0.1) is 5.10 Å². The first-order valence-electron chi connectivity index (χ1n) is 9.72. The van der Waals surface area contributed by atoms with Gasteiger partial charge in [0.1, 0.15) is 6.04 Å². The van der Waals surface area contributed by atoms with Gasteiger partial charge in [0.2, 0.25) is 11.8 Å². The smallest absolute Gasteiger partial charge is 0.245 e. The van der Waals surface area contributed by atoms with Crippen LogP contribution in [-0.2, 0) is 16.0 Å². The van der Waals surface area contributed by atoms with Gasteiger partial charge in [0, 0.05) is 26.2 Å². The molecule has 0 saturated carbocycles. The van der Waals surface area contributed by atoms with Gasteiger partial charge in [0.05, 0.1) is 11.7 Å². The van der Waals surface area contributed by atoms with Crippen LogP contribution in [0.4, 0.5) is 0 Å². The summed E-state index contributed by atoms with van der Waals surface area (Å²) in [6, 6.07) is -0.134. The summed E-state index contributed by atoms with van der Waals surface area (Å²) in [5.74, 6) is 0.791. The molecule has 7 heteroatoms. The first-order valence-corrected chi connectivity index (χ1v) is 9.72. The van der Waals surface area contributed by atoms with Crippen LogP contribution in [0.25, 0.3) is 0 Å². The Morgan fingerprint density at radius 1 is 1.19 bits per heavy atom. The molecule has 0 spiro atoms. The Morgan fingerprint density at radius 3 is 2.38 bits per heavy atom. The molecule has 0 radical (unpaired) electrons. The van der Waals surface area contributed by atoms with Gasteiger partial charge in [-0.2, -0.15) is 0 Å². The molecule has 0 aromatic carbocycles. The quantitative estimate of drug-likeness (QED) is 0.805. The zero-order valence-corrected chi connectivity index (χ0v) is 16.7.